The van der Waals surface area contributed by atoms with E-state index in [0.29, 0.717) is 30.2 Å². The molecule has 4 nitrogen and oxygen atoms in total. The topological polar surface area (TPSA) is 48.1 Å². The summed E-state index contributed by atoms with van der Waals surface area (Å²) in [5.74, 6) is 0. The molecule has 0 amide bonds. The third-order valence-electron chi connectivity index (χ3n) is 6.20. The molecule has 5 aliphatic heterocycles. The molecule has 5 unspecified atom stereocenters. The van der Waals surface area contributed by atoms with Crippen LogP contribution in [-0.2, 0) is 0 Å². The van der Waals surface area contributed by atoms with Gasteiger partial charge in [-0.1, -0.05) is 0 Å². The highest BCUT2D eigenvalue weighted by atomic mass is 15.1. The van der Waals surface area contributed by atoms with Gasteiger partial charge in [0, 0.05) is 47.3 Å². The highest BCUT2D eigenvalue weighted by Crippen LogP contribution is 2.29. The molecule has 5 atom stereocenters. The van der Waals surface area contributed by atoms with Crippen LogP contribution < -0.4 is 21.3 Å². The van der Waals surface area contributed by atoms with Gasteiger partial charge in [0.25, 0.3) is 0 Å². The summed E-state index contributed by atoms with van der Waals surface area (Å²) < 4.78 is 0. The van der Waals surface area contributed by atoms with Crippen molar-refractivity contribution in [1.82, 2.24) is 21.3 Å². The zero-order valence-corrected chi connectivity index (χ0v) is 13.8. The van der Waals surface area contributed by atoms with Crippen LogP contribution in [0.5, 0.6) is 0 Å². The molecule has 0 radical (unpaired) electrons. The molecule has 8 bridgehead atoms. The number of fused-ring (bicyclic) bond motifs is 9. The monoisotopic (exact) mass is 312 g/mol. The number of hydrogen-bond acceptors (Lipinski definition) is 4. The van der Waals surface area contributed by atoms with Crippen LogP contribution in [0, 0.1) is 0 Å². The Labute approximate surface area is 138 Å². The zero-order valence-electron chi connectivity index (χ0n) is 13.8. The van der Waals surface area contributed by atoms with Crippen LogP contribution in [-0.4, -0.2) is 30.2 Å². The van der Waals surface area contributed by atoms with E-state index in [1.165, 1.54) is 68.5 Å². The predicted molar refractivity (Wildman–Crippen MR) is 92.7 cm³/mol. The van der Waals surface area contributed by atoms with Gasteiger partial charge in [-0.2, -0.15) is 0 Å². The van der Waals surface area contributed by atoms with E-state index in [0.717, 1.165) is 0 Å². The van der Waals surface area contributed by atoms with E-state index < -0.39 is 0 Å². The summed E-state index contributed by atoms with van der Waals surface area (Å²) in [7, 11) is 0. The van der Waals surface area contributed by atoms with E-state index in [4.69, 9.17) is 0 Å². The maximum absolute atomic E-state index is 3.87. The molecule has 4 saturated heterocycles. The van der Waals surface area contributed by atoms with E-state index in [9.17, 15) is 0 Å². The molecule has 124 valence electrons. The van der Waals surface area contributed by atoms with Crippen molar-refractivity contribution < 1.29 is 0 Å². The molecular formula is C19H28N4. The first kappa shape index (κ1) is 14.0. The summed E-state index contributed by atoms with van der Waals surface area (Å²) in [6.07, 6.45) is 17.3. The van der Waals surface area contributed by atoms with Crippen molar-refractivity contribution in [2.45, 2.75) is 81.6 Å². The lowest BCUT2D eigenvalue weighted by atomic mass is 10.0. The Balaban J connectivity index is 1.43. The SMILES string of the molecule is C1=C2CCC(C=C3CCC(N3)C3CCC(C=C4CCC1N4)N3)N2. The zero-order chi connectivity index (χ0) is 15.2. The van der Waals surface area contributed by atoms with Crippen LogP contribution in [0.2, 0.25) is 0 Å². The molecular weight excluding hydrogens is 284 g/mol. The highest BCUT2D eigenvalue weighted by molar-refractivity contribution is 5.23. The van der Waals surface area contributed by atoms with Crippen molar-refractivity contribution in [1.29, 1.82) is 0 Å². The molecule has 23 heavy (non-hydrogen) atoms. The Morgan fingerprint density at radius 2 is 1.17 bits per heavy atom. The van der Waals surface area contributed by atoms with Crippen LogP contribution in [0.3, 0.4) is 0 Å². The second-order valence-corrected chi connectivity index (χ2v) is 7.90. The Bertz CT molecular complexity index is 576. The fourth-order valence-corrected chi connectivity index (χ4v) is 5.00. The molecule has 5 heterocycles. The second kappa shape index (κ2) is 5.59. The maximum atomic E-state index is 3.87. The van der Waals surface area contributed by atoms with Gasteiger partial charge in [0.05, 0.1) is 0 Å². The van der Waals surface area contributed by atoms with Crippen molar-refractivity contribution in [3.8, 4) is 0 Å². The largest absolute Gasteiger partial charge is 0.384 e. The average molecular weight is 312 g/mol. The highest BCUT2D eigenvalue weighted by Gasteiger charge is 2.33. The van der Waals surface area contributed by atoms with Crippen LogP contribution in [0.15, 0.2) is 35.3 Å². The Morgan fingerprint density at radius 3 is 1.91 bits per heavy atom. The summed E-state index contributed by atoms with van der Waals surface area (Å²) in [5.41, 5.74) is 4.36. The van der Waals surface area contributed by atoms with Gasteiger partial charge < -0.3 is 21.3 Å². The van der Waals surface area contributed by atoms with Crippen LogP contribution in [0.4, 0.5) is 0 Å². The lowest BCUT2D eigenvalue weighted by molar-refractivity contribution is 0.445. The van der Waals surface area contributed by atoms with E-state index in [2.05, 4.69) is 39.5 Å². The van der Waals surface area contributed by atoms with Crippen molar-refractivity contribution in [2.24, 2.45) is 0 Å². The molecule has 5 aliphatic rings. The van der Waals surface area contributed by atoms with E-state index in [1.807, 2.05) is 0 Å². The average Bonchev–Trinajstić information content (AvgIpc) is 3.28. The van der Waals surface area contributed by atoms with Gasteiger partial charge >= 0.3 is 0 Å². The fraction of sp³-hybridized carbons (Fsp3) is 0.684. The Morgan fingerprint density at radius 1 is 0.565 bits per heavy atom. The smallest absolute Gasteiger partial charge is 0.0464 e. The molecule has 0 aliphatic carbocycles. The van der Waals surface area contributed by atoms with Gasteiger partial charge in [-0.05, 0) is 69.6 Å². The second-order valence-electron chi connectivity index (χ2n) is 7.90. The molecule has 0 spiro atoms. The number of hydrogen-bond donors (Lipinski definition) is 4. The molecule has 0 aromatic rings. The quantitative estimate of drug-likeness (QED) is 0.553. The first-order valence-corrected chi connectivity index (χ1v) is 9.49. The summed E-state index contributed by atoms with van der Waals surface area (Å²) in [6, 6.07) is 2.86. The minimum absolute atomic E-state index is 0.520. The third kappa shape index (κ3) is 2.78. The van der Waals surface area contributed by atoms with E-state index >= 15 is 0 Å². The Kier molecular flexibility index (Phi) is 3.39. The number of nitrogens with one attached hydrogen (secondary N) is 4. The number of allylic oxidation sites excluding steroid dienone is 3. The molecule has 4 heteroatoms. The van der Waals surface area contributed by atoms with Crippen LogP contribution >= 0.6 is 0 Å². The van der Waals surface area contributed by atoms with Gasteiger partial charge in [-0.25, -0.2) is 0 Å². The lowest BCUT2D eigenvalue weighted by Gasteiger charge is -2.21. The predicted octanol–water partition coefficient (Wildman–Crippen LogP) is 2.03. The van der Waals surface area contributed by atoms with Gasteiger partial charge in [0.15, 0.2) is 0 Å². The molecule has 4 N–H and O–H groups in total. The summed E-state index contributed by atoms with van der Waals surface area (Å²) >= 11 is 0. The first-order valence-electron chi connectivity index (χ1n) is 9.49. The Hall–Kier alpha value is -1.42. The van der Waals surface area contributed by atoms with Crippen molar-refractivity contribution in [2.75, 3.05) is 0 Å². The van der Waals surface area contributed by atoms with Crippen molar-refractivity contribution in [3.05, 3.63) is 35.3 Å². The molecule has 0 aromatic carbocycles. The summed E-state index contributed by atoms with van der Waals surface area (Å²) in [5, 5.41) is 15.1. The van der Waals surface area contributed by atoms with E-state index in [-0.39, 0.29) is 0 Å². The summed E-state index contributed by atoms with van der Waals surface area (Å²) in [6.45, 7) is 0. The fourth-order valence-electron chi connectivity index (χ4n) is 5.00. The molecule has 5 rings (SSSR count). The minimum Gasteiger partial charge on any atom is -0.384 e. The minimum atomic E-state index is 0.520. The molecule has 0 aromatic heterocycles. The van der Waals surface area contributed by atoms with E-state index in [1.54, 1.807) is 0 Å². The lowest BCUT2D eigenvalue weighted by Crippen LogP contribution is -2.42. The van der Waals surface area contributed by atoms with Gasteiger partial charge in [-0.3, -0.25) is 0 Å². The molecule has 4 fully saturated rings. The third-order valence-corrected chi connectivity index (χ3v) is 6.20. The standard InChI is InChI=1S/C19H28N4/c1-3-14-10-16-5-7-18(22-16)19-8-6-17(23-19)11-15-4-2-13(21-15)9-12(1)20-14/h9-12,15-16,18-23H,1-8H2. The van der Waals surface area contributed by atoms with Crippen LogP contribution in [0.1, 0.15) is 51.4 Å². The van der Waals surface area contributed by atoms with Gasteiger partial charge in [0.1, 0.15) is 0 Å². The van der Waals surface area contributed by atoms with Crippen molar-refractivity contribution in [3.63, 3.8) is 0 Å². The first-order chi connectivity index (χ1) is 11.3. The number of rotatable bonds is 0. The molecule has 0 saturated carbocycles. The maximum Gasteiger partial charge on any atom is 0.0464 e. The van der Waals surface area contributed by atoms with Crippen molar-refractivity contribution >= 4 is 0 Å². The normalized spacial score (nSPS) is 41.7. The van der Waals surface area contributed by atoms with Gasteiger partial charge in [-0.15, -0.1) is 0 Å². The van der Waals surface area contributed by atoms with Gasteiger partial charge in [0.2, 0.25) is 0 Å². The summed E-state index contributed by atoms with van der Waals surface area (Å²) in [4.78, 5) is 0. The van der Waals surface area contributed by atoms with Crippen LogP contribution in [0.25, 0.3) is 0 Å².